The lowest BCUT2D eigenvalue weighted by molar-refractivity contribution is 0.0472. The number of hydrogen-bond acceptors (Lipinski definition) is 4. The maximum Gasteiger partial charge on any atom is 0.340 e. The predicted octanol–water partition coefficient (Wildman–Crippen LogP) is 4.91. The average molecular weight is 359 g/mol. The van der Waals surface area contributed by atoms with Crippen LogP contribution >= 0.6 is 11.6 Å². The van der Waals surface area contributed by atoms with E-state index < -0.39 is 11.8 Å². The van der Waals surface area contributed by atoms with Gasteiger partial charge in [-0.05, 0) is 48.0 Å². The smallest absolute Gasteiger partial charge is 0.340 e. The second kappa shape index (κ2) is 7.32. The van der Waals surface area contributed by atoms with E-state index in [0.29, 0.717) is 23.2 Å². The van der Waals surface area contributed by atoms with Crippen LogP contribution in [0, 0.1) is 5.82 Å². The topological polar surface area (TPSA) is 56.5 Å². The van der Waals surface area contributed by atoms with Crippen molar-refractivity contribution in [1.29, 1.82) is 0 Å². The summed E-state index contributed by atoms with van der Waals surface area (Å²) in [5.41, 5.74) is 1.26. The van der Waals surface area contributed by atoms with Crippen molar-refractivity contribution in [1.82, 2.24) is 0 Å². The number of benzene rings is 2. The molecule has 0 bridgehead atoms. The summed E-state index contributed by atoms with van der Waals surface area (Å²) in [6.45, 7) is -0.0762. The van der Waals surface area contributed by atoms with Gasteiger partial charge < -0.3 is 9.15 Å². The maximum absolute atomic E-state index is 13.2. The van der Waals surface area contributed by atoms with E-state index in [1.165, 1.54) is 30.3 Å². The fourth-order valence-electron chi connectivity index (χ4n) is 2.26. The molecule has 2 aromatic carbocycles. The first-order valence-electron chi connectivity index (χ1n) is 7.33. The Bertz CT molecular complexity index is 933. The zero-order chi connectivity index (χ0) is 17.8. The molecule has 1 aromatic heterocycles. The van der Waals surface area contributed by atoms with Crippen molar-refractivity contribution < 1.29 is 23.1 Å². The summed E-state index contributed by atoms with van der Waals surface area (Å²) in [7, 11) is 0. The van der Waals surface area contributed by atoms with E-state index in [4.69, 9.17) is 20.8 Å². The monoisotopic (exact) mass is 358 g/mol. The highest BCUT2D eigenvalue weighted by molar-refractivity contribution is 6.33. The van der Waals surface area contributed by atoms with Crippen LogP contribution in [-0.2, 0) is 11.3 Å². The van der Waals surface area contributed by atoms with Gasteiger partial charge in [-0.25, -0.2) is 9.18 Å². The summed E-state index contributed by atoms with van der Waals surface area (Å²) in [5.74, 6) is -0.436. The van der Waals surface area contributed by atoms with E-state index in [1.54, 1.807) is 24.3 Å². The SMILES string of the molecule is O=Cc1ccc(-c2ccc(Cl)c(C(=O)OCc3cccc(F)c3)c2)o1. The first kappa shape index (κ1) is 16.9. The quantitative estimate of drug-likeness (QED) is 0.480. The van der Waals surface area contributed by atoms with E-state index in [0.717, 1.165) is 0 Å². The Hall–Kier alpha value is -2.92. The van der Waals surface area contributed by atoms with Gasteiger partial charge in [0.15, 0.2) is 12.0 Å². The third-order valence-corrected chi connectivity index (χ3v) is 3.80. The molecule has 0 saturated heterocycles. The van der Waals surface area contributed by atoms with Crippen molar-refractivity contribution in [3.8, 4) is 11.3 Å². The van der Waals surface area contributed by atoms with Crippen molar-refractivity contribution in [2.24, 2.45) is 0 Å². The molecular weight excluding hydrogens is 347 g/mol. The zero-order valence-corrected chi connectivity index (χ0v) is 13.6. The Morgan fingerprint density at radius 1 is 1.16 bits per heavy atom. The molecule has 0 unspecified atom stereocenters. The summed E-state index contributed by atoms with van der Waals surface area (Å²) in [5, 5.41) is 0.218. The van der Waals surface area contributed by atoms with Crippen LogP contribution in [0.3, 0.4) is 0 Å². The van der Waals surface area contributed by atoms with E-state index >= 15 is 0 Å². The molecule has 126 valence electrons. The van der Waals surface area contributed by atoms with Gasteiger partial charge in [0, 0.05) is 5.56 Å². The molecule has 0 radical (unpaired) electrons. The number of aldehydes is 1. The standard InChI is InChI=1S/C19H12ClFO4/c20-17-6-4-13(18-7-5-15(10-22)25-18)9-16(17)19(23)24-11-12-2-1-3-14(21)8-12/h1-10H,11H2. The molecule has 0 spiro atoms. The predicted molar refractivity (Wildman–Crippen MR) is 90.1 cm³/mol. The molecule has 0 amide bonds. The molecule has 0 aliphatic heterocycles. The minimum Gasteiger partial charge on any atom is -0.457 e. The highest BCUT2D eigenvalue weighted by Gasteiger charge is 2.15. The van der Waals surface area contributed by atoms with Crippen LogP contribution in [0.4, 0.5) is 4.39 Å². The number of carbonyl (C=O) groups excluding carboxylic acids is 2. The van der Waals surface area contributed by atoms with Gasteiger partial charge >= 0.3 is 5.97 Å². The van der Waals surface area contributed by atoms with Crippen molar-refractivity contribution in [3.63, 3.8) is 0 Å². The Morgan fingerprint density at radius 2 is 2.00 bits per heavy atom. The lowest BCUT2D eigenvalue weighted by Crippen LogP contribution is -2.06. The highest BCUT2D eigenvalue weighted by Crippen LogP contribution is 2.27. The minimum absolute atomic E-state index is 0.0762. The molecule has 4 nitrogen and oxygen atoms in total. The fourth-order valence-corrected chi connectivity index (χ4v) is 2.45. The molecule has 1 heterocycles. The highest BCUT2D eigenvalue weighted by atomic mass is 35.5. The van der Waals surface area contributed by atoms with Crippen molar-refractivity contribution in [2.75, 3.05) is 0 Å². The van der Waals surface area contributed by atoms with Crippen LogP contribution in [0.2, 0.25) is 5.02 Å². The van der Waals surface area contributed by atoms with Gasteiger partial charge in [0.05, 0.1) is 10.6 Å². The zero-order valence-electron chi connectivity index (χ0n) is 12.9. The normalized spacial score (nSPS) is 10.5. The molecule has 0 N–H and O–H groups in total. The van der Waals surface area contributed by atoms with Gasteiger partial charge in [-0.2, -0.15) is 0 Å². The summed E-state index contributed by atoms with van der Waals surface area (Å²) in [6.07, 6.45) is 0.591. The third kappa shape index (κ3) is 3.95. The maximum atomic E-state index is 13.2. The largest absolute Gasteiger partial charge is 0.457 e. The average Bonchev–Trinajstić information content (AvgIpc) is 3.09. The van der Waals surface area contributed by atoms with Crippen LogP contribution in [-0.4, -0.2) is 12.3 Å². The molecule has 0 atom stereocenters. The van der Waals surface area contributed by atoms with Crippen LogP contribution in [0.1, 0.15) is 26.5 Å². The summed E-state index contributed by atoms with van der Waals surface area (Å²) >= 11 is 6.07. The van der Waals surface area contributed by atoms with Crippen molar-refractivity contribution in [3.05, 3.63) is 82.3 Å². The second-order valence-electron chi connectivity index (χ2n) is 5.22. The number of halogens is 2. The van der Waals surface area contributed by atoms with Crippen molar-refractivity contribution in [2.45, 2.75) is 6.61 Å². The molecule has 0 aliphatic carbocycles. The molecule has 0 fully saturated rings. The first-order valence-corrected chi connectivity index (χ1v) is 7.71. The molecule has 6 heteroatoms. The molecule has 0 saturated carbocycles. The van der Waals surface area contributed by atoms with Gasteiger partial charge in [-0.15, -0.1) is 0 Å². The number of carbonyl (C=O) groups is 2. The van der Waals surface area contributed by atoms with Crippen LogP contribution < -0.4 is 0 Å². The van der Waals surface area contributed by atoms with Gasteiger partial charge in [-0.1, -0.05) is 23.7 Å². The summed E-state index contributed by atoms with van der Waals surface area (Å²) in [4.78, 5) is 23.0. The van der Waals surface area contributed by atoms with Gasteiger partial charge in [-0.3, -0.25) is 4.79 Å². The molecule has 0 aliphatic rings. The molecular formula is C19H12ClFO4. The molecule has 3 rings (SSSR count). The van der Waals surface area contributed by atoms with Gasteiger partial charge in [0.25, 0.3) is 0 Å². The first-order chi connectivity index (χ1) is 12.1. The summed E-state index contributed by atoms with van der Waals surface area (Å²) < 4.78 is 23.7. The lowest BCUT2D eigenvalue weighted by Gasteiger charge is -2.08. The fraction of sp³-hybridized carbons (Fsp3) is 0.0526. The summed E-state index contributed by atoms with van der Waals surface area (Å²) in [6, 6.07) is 13.7. The Kier molecular flexibility index (Phi) is 4.95. The minimum atomic E-state index is -0.640. The van der Waals surface area contributed by atoms with Gasteiger partial charge in [0.1, 0.15) is 18.2 Å². The number of hydrogen-bond donors (Lipinski definition) is 0. The Labute approximate surface area is 147 Å². The van der Waals surface area contributed by atoms with E-state index in [-0.39, 0.29) is 23.0 Å². The Morgan fingerprint density at radius 3 is 2.72 bits per heavy atom. The van der Waals surface area contributed by atoms with Crippen LogP contribution in [0.5, 0.6) is 0 Å². The van der Waals surface area contributed by atoms with E-state index in [9.17, 15) is 14.0 Å². The molecule has 25 heavy (non-hydrogen) atoms. The van der Waals surface area contributed by atoms with Crippen LogP contribution in [0.25, 0.3) is 11.3 Å². The second-order valence-corrected chi connectivity index (χ2v) is 5.63. The number of ether oxygens (including phenoxy) is 1. The van der Waals surface area contributed by atoms with Gasteiger partial charge in [0.2, 0.25) is 0 Å². The van der Waals surface area contributed by atoms with Crippen LogP contribution in [0.15, 0.2) is 59.0 Å². The number of furan rings is 1. The third-order valence-electron chi connectivity index (χ3n) is 3.47. The van der Waals surface area contributed by atoms with E-state index in [2.05, 4.69) is 0 Å². The van der Waals surface area contributed by atoms with E-state index in [1.807, 2.05) is 0 Å². The lowest BCUT2D eigenvalue weighted by atomic mass is 10.1. The molecule has 3 aromatic rings. The number of esters is 1. The Balaban J connectivity index is 1.79. The number of rotatable bonds is 5. The van der Waals surface area contributed by atoms with Crippen molar-refractivity contribution >= 4 is 23.9 Å².